The molecule has 1 aliphatic rings. The van der Waals surface area contributed by atoms with E-state index in [2.05, 4.69) is 30.0 Å². The van der Waals surface area contributed by atoms with Crippen LogP contribution in [0.4, 0.5) is 0 Å². The van der Waals surface area contributed by atoms with Gasteiger partial charge in [-0.05, 0) is 13.8 Å². The van der Waals surface area contributed by atoms with E-state index in [-0.39, 0.29) is 5.91 Å². The van der Waals surface area contributed by atoms with Crippen molar-refractivity contribution in [1.29, 1.82) is 0 Å². The molecule has 5 heteroatoms. The van der Waals surface area contributed by atoms with Crippen LogP contribution in [0.15, 0.2) is 6.20 Å². The second kappa shape index (κ2) is 6.19. The normalized spacial score (nSPS) is 16.9. The summed E-state index contributed by atoms with van der Waals surface area (Å²) < 4.78 is 1.99. The third-order valence-electron chi connectivity index (χ3n) is 3.79. The molecule has 1 aromatic rings. The van der Waals surface area contributed by atoms with Crippen molar-refractivity contribution >= 4 is 5.91 Å². The third-order valence-corrected chi connectivity index (χ3v) is 3.79. The quantitative estimate of drug-likeness (QED) is 0.822. The van der Waals surface area contributed by atoms with E-state index < -0.39 is 0 Å². The van der Waals surface area contributed by atoms with Crippen molar-refractivity contribution in [3.8, 4) is 0 Å². The molecule has 2 rings (SSSR count). The van der Waals surface area contributed by atoms with Crippen LogP contribution in [0.5, 0.6) is 0 Å². The SMILES string of the molecule is CCC(=O)N1CCN(Cc2cn(CC)nc2C)CC1. The molecule has 0 N–H and O–H groups in total. The van der Waals surface area contributed by atoms with Gasteiger partial charge >= 0.3 is 0 Å². The van der Waals surface area contributed by atoms with Crippen molar-refractivity contribution in [2.45, 2.75) is 40.3 Å². The van der Waals surface area contributed by atoms with E-state index in [0.29, 0.717) is 6.42 Å². The molecule has 106 valence electrons. The van der Waals surface area contributed by atoms with Gasteiger partial charge in [0.25, 0.3) is 0 Å². The first kappa shape index (κ1) is 14.1. The van der Waals surface area contributed by atoms with Crippen molar-refractivity contribution in [2.75, 3.05) is 26.2 Å². The van der Waals surface area contributed by atoms with Crippen LogP contribution in [0.3, 0.4) is 0 Å². The number of piperazine rings is 1. The molecule has 0 atom stereocenters. The van der Waals surface area contributed by atoms with Gasteiger partial charge in [-0.1, -0.05) is 6.92 Å². The number of hydrogen-bond acceptors (Lipinski definition) is 3. The highest BCUT2D eigenvalue weighted by molar-refractivity contribution is 5.75. The van der Waals surface area contributed by atoms with Gasteiger partial charge in [-0.15, -0.1) is 0 Å². The Labute approximate surface area is 115 Å². The lowest BCUT2D eigenvalue weighted by atomic mass is 10.2. The molecule has 0 aliphatic carbocycles. The van der Waals surface area contributed by atoms with Gasteiger partial charge in [-0.3, -0.25) is 14.4 Å². The number of aromatic nitrogens is 2. The van der Waals surface area contributed by atoms with Gasteiger partial charge in [0.1, 0.15) is 0 Å². The lowest BCUT2D eigenvalue weighted by molar-refractivity contribution is -0.132. The van der Waals surface area contributed by atoms with E-state index >= 15 is 0 Å². The molecule has 0 unspecified atom stereocenters. The number of carbonyl (C=O) groups excluding carboxylic acids is 1. The zero-order valence-corrected chi connectivity index (χ0v) is 12.2. The van der Waals surface area contributed by atoms with Crippen molar-refractivity contribution in [3.05, 3.63) is 17.5 Å². The zero-order valence-electron chi connectivity index (χ0n) is 12.2. The van der Waals surface area contributed by atoms with Crippen molar-refractivity contribution < 1.29 is 4.79 Å². The van der Waals surface area contributed by atoms with Crippen molar-refractivity contribution in [3.63, 3.8) is 0 Å². The van der Waals surface area contributed by atoms with Gasteiger partial charge in [0, 0.05) is 57.4 Å². The molecule has 0 saturated carbocycles. The monoisotopic (exact) mass is 264 g/mol. The Hall–Kier alpha value is -1.36. The number of carbonyl (C=O) groups is 1. The van der Waals surface area contributed by atoms with Gasteiger partial charge < -0.3 is 4.90 Å². The minimum Gasteiger partial charge on any atom is -0.340 e. The standard InChI is InChI=1S/C14H24N4O/c1-4-14(19)17-8-6-16(7-9-17)10-13-11-18(5-2)15-12(13)3/h11H,4-10H2,1-3H3. The zero-order chi connectivity index (χ0) is 13.8. The Morgan fingerprint density at radius 2 is 1.95 bits per heavy atom. The number of rotatable bonds is 4. The maximum absolute atomic E-state index is 11.6. The van der Waals surface area contributed by atoms with Gasteiger partial charge in [0.05, 0.1) is 5.69 Å². The molecule has 0 aromatic carbocycles. The molecule has 1 aromatic heterocycles. The number of nitrogens with zero attached hydrogens (tertiary/aromatic N) is 4. The van der Waals surface area contributed by atoms with Gasteiger partial charge in [-0.2, -0.15) is 5.10 Å². The summed E-state index contributed by atoms with van der Waals surface area (Å²) in [6.45, 7) is 11.6. The minimum absolute atomic E-state index is 0.273. The highest BCUT2D eigenvalue weighted by Gasteiger charge is 2.20. The number of aryl methyl sites for hydroxylation is 2. The fraction of sp³-hybridized carbons (Fsp3) is 0.714. The molecule has 0 radical (unpaired) electrons. The van der Waals surface area contributed by atoms with Crippen LogP contribution in [0.2, 0.25) is 0 Å². The summed E-state index contributed by atoms with van der Waals surface area (Å²) in [5, 5.41) is 4.48. The van der Waals surface area contributed by atoms with Crippen LogP contribution >= 0.6 is 0 Å². The van der Waals surface area contributed by atoms with E-state index in [1.165, 1.54) is 5.56 Å². The number of amides is 1. The van der Waals surface area contributed by atoms with Crippen molar-refractivity contribution in [2.24, 2.45) is 0 Å². The predicted molar refractivity (Wildman–Crippen MR) is 74.8 cm³/mol. The maximum atomic E-state index is 11.6. The summed E-state index contributed by atoms with van der Waals surface area (Å²) in [6, 6.07) is 0. The first-order valence-electron chi connectivity index (χ1n) is 7.17. The van der Waals surface area contributed by atoms with Crippen LogP contribution < -0.4 is 0 Å². The lowest BCUT2D eigenvalue weighted by Crippen LogP contribution is -2.48. The minimum atomic E-state index is 0.273. The van der Waals surface area contributed by atoms with E-state index in [1.54, 1.807) is 0 Å². The Morgan fingerprint density at radius 1 is 1.26 bits per heavy atom. The lowest BCUT2D eigenvalue weighted by Gasteiger charge is -2.34. The van der Waals surface area contributed by atoms with Gasteiger partial charge in [-0.25, -0.2) is 0 Å². The molecule has 1 aliphatic heterocycles. The summed E-state index contributed by atoms with van der Waals surface area (Å²) in [7, 11) is 0. The number of hydrogen-bond donors (Lipinski definition) is 0. The average Bonchev–Trinajstić information content (AvgIpc) is 2.79. The predicted octanol–water partition coefficient (Wildman–Crippen LogP) is 1.27. The Morgan fingerprint density at radius 3 is 2.47 bits per heavy atom. The van der Waals surface area contributed by atoms with E-state index in [4.69, 9.17) is 0 Å². The molecule has 1 saturated heterocycles. The first-order valence-corrected chi connectivity index (χ1v) is 7.17. The average molecular weight is 264 g/mol. The van der Waals surface area contributed by atoms with E-state index in [1.807, 2.05) is 16.5 Å². The molecule has 1 amide bonds. The Balaban J connectivity index is 1.88. The van der Waals surface area contributed by atoms with E-state index in [9.17, 15) is 4.79 Å². The first-order chi connectivity index (χ1) is 9.13. The highest BCUT2D eigenvalue weighted by atomic mass is 16.2. The topological polar surface area (TPSA) is 41.4 Å². The van der Waals surface area contributed by atoms with E-state index in [0.717, 1.165) is 45.0 Å². The summed E-state index contributed by atoms with van der Waals surface area (Å²) in [6.07, 6.45) is 2.75. The molecule has 19 heavy (non-hydrogen) atoms. The van der Waals surface area contributed by atoms with Crippen LogP contribution in [0, 0.1) is 6.92 Å². The van der Waals surface area contributed by atoms with Crippen LogP contribution in [0.1, 0.15) is 31.5 Å². The summed E-state index contributed by atoms with van der Waals surface area (Å²) in [5.41, 5.74) is 2.42. The molecule has 1 fully saturated rings. The molecule has 0 spiro atoms. The Kier molecular flexibility index (Phi) is 4.58. The summed E-state index contributed by atoms with van der Waals surface area (Å²) >= 11 is 0. The molecule has 2 heterocycles. The molecule has 0 bridgehead atoms. The molecular weight excluding hydrogens is 240 g/mol. The largest absolute Gasteiger partial charge is 0.340 e. The summed E-state index contributed by atoms with van der Waals surface area (Å²) in [5.74, 6) is 0.273. The van der Waals surface area contributed by atoms with Crippen LogP contribution in [-0.2, 0) is 17.9 Å². The molecule has 5 nitrogen and oxygen atoms in total. The molecular formula is C14H24N4O. The van der Waals surface area contributed by atoms with Crippen LogP contribution in [0.25, 0.3) is 0 Å². The fourth-order valence-electron chi connectivity index (χ4n) is 2.50. The van der Waals surface area contributed by atoms with Crippen LogP contribution in [-0.4, -0.2) is 51.7 Å². The third kappa shape index (κ3) is 3.35. The van der Waals surface area contributed by atoms with Gasteiger partial charge in [0.2, 0.25) is 5.91 Å². The van der Waals surface area contributed by atoms with Crippen molar-refractivity contribution in [1.82, 2.24) is 19.6 Å². The maximum Gasteiger partial charge on any atom is 0.222 e. The highest BCUT2D eigenvalue weighted by Crippen LogP contribution is 2.12. The summed E-state index contributed by atoms with van der Waals surface area (Å²) in [4.78, 5) is 16.0. The Bertz CT molecular complexity index is 433. The second-order valence-electron chi connectivity index (χ2n) is 5.11. The second-order valence-corrected chi connectivity index (χ2v) is 5.11. The van der Waals surface area contributed by atoms with Gasteiger partial charge in [0.15, 0.2) is 0 Å². The fourth-order valence-corrected chi connectivity index (χ4v) is 2.50. The smallest absolute Gasteiger partial charge is 0.222 e.